The Morgan fingerprint density at radius 2 is 1.87 bits per heavy atom. The molecular formula is C21H28N8O2. The van der Waals surface area contributed by atoms with Crippen molar-refractivity contribution < 1.29 is 9.47 Å². The van der Waals surface area contributed by atoms with Crippen LogP contribution in [-0.4, -0.2) is 52.9 Å². The van der Waals surface area contributed by atoms with Gasteiger partial charge in [-0.3, -0.25) is 0 Å². The number of hydrogen-bond donors (Lipinski definition) is 0. The molecule has 5 rings (SSSR count). The van der Waals surface area contributed by atoms with Gasteiger partial charge >= 0.3 is 6.01 Å². The molecule has 2 aliphatic rings. The summed E-state index contributed by atoms with van der Waals surface area (Å²) in [5, 5.41) is 20.9. The minimum Gasteiger partial charge on any atom is -0.489 e. The molecule has 2 fully saturated rings. The van der Waals surface area contributed by atoms with Gasteiger partial charge in [-0.2, -0.15) is 4.80 Å². The number of tetrazole rings is 1. The van der Waals surface area contributed by atoms with Crippen LogP contribution in [0.3, 0.4) is 0 Å². The first kappa shape index (κ1) is 19.9. The smallest absolute Gasteiger partial charge is 0.356 e. The zero-order valence-electron chi connectivity index (χ0n) is 18.1. The van der Waals surface area contributed by atoms with E-state index in [9.17, 15) is 0 Å². The molecular weight excluding hydrogens is 396 g/mol. The van der Waals surface area contributed by atoms with Crippen molar-refractivity contribution in [2.45, 2.75) is 64.5 Å². The lowest BCUT2D eigenvalue weighted by Crippen LogP contribution is -2.20. The molecule has 0 amide bonds. The van der Waals surface area contributed by atoms with Crippen LogP contribution >= 0.6 is 0 Å². The van der Waals surface area contributed by atoms with Crippen molar-refractivity contribution in [1.29, 1.82) is 0 Å². The van der Waals surface area contributed by atoms with E-state index >= 15 is 0 Å². The maximum absolute atomic E-state index is 6.20. The molecule has 164 valence electrons. The number of nitrogens with zero attached hydrogens (tertiary/aromatic N) is 8. The average molecular weight is 425 g/mol. The Labute approximate surface area is 181 Å². The lowest BCUT2D eigenvalue weighted by Gasteiger charge is -2.23. The SMILES string of the molecule is Cc1nc(-c2nnn(C)c2Cn2nnc(OCC3CC3)n2)ccc1OC1CCCCC1. The highest BCUT2D eigenvalue weighted by molar-refractivity contribution is 5.58. The molecule has 10 nitrogen and oxygen atoms in total. The predicted molar refractivity (Wildman–Crippen MR) is 112 cm³/mol. The van der Waals surface area contributed by atoms with Gasteiger partial charge in [0, 0.05) is 7.05 Å². The highest BCUT2D eigenvalue weighted by Crippen LogP contribution is 2.29. The Bertz CT molecular complexity index is 1040. The fourth-order valence-corrected chi connectivity index (χ4v) is 3.88. The fraction of sp³-hybridized carbons (Fsp3) is 0.619. The van der Waals surface area contributed by atoms with Crippen molar-refractivity contribution >= 4 is 0 Å². The summed E-state index contributed by atoms with van der Waals surface area (Å²) >= 11 is 0. The molecule has 0 bridgehead atoms. The van der Waals surface area contributed by atoms with E-state index < -0.39 is 0 Å². The van der Waals surface area contributed by atoms with Gasteiger partial charge in [0.1, 0.15) is 18.0 Å². The summed E-state index contributed by atoms with van der Waals surface area (Å²) in [6.45, 7) is 3.00. The molecule has 0 aromatic carbocycles. The van der Waals surface area contributed by atoms with Crippen LogP contribution in [0.2, 0.25) is 0 Å². The van der Waals surface area contributed by atoms with Crippen LogP contribution < -0.4 is 9.47 Å². The van der Waals surface area contributed by atoms with E-state index in [4.69, 9.17) is 14.5 Å². The van der Waals surface area contributed by atoms with Crippen LogP contribution in [0, 0.1) is 12.8 Å². The van der Waals surface area contributed by atoms with Gasteiger partial charge in [-0.05, 0) is 68.7 Å². The van der Waals surface area contributed by atoms with Gasteiger partial charge in [0.2, 0.25) is 0 Å². The Kier molecular flexibility index (Phi) is 5.52. The van der Waals surface area contributed by atoms with E-state index in [1.165, 1.54) is 36.9 Å². The van der Waals surface area contributed by atoms with Crippen LogP contribution in [0.15, 0.2) is 12.1 Å². The second kappa shape index (κ2) is 8.60. The third kappa shape index (κ3) is 4.67. The third-order valence-electron chi connectivity index (χ3n) is 5.94. The number of pyridine rings is 1. The number of aryl methyl sites for hydroxylation is 2. The lowest BCUT2D eigenvalue weighted by molar-refractivity contribution is 0.153. The summed E-state index contributed by atoms with van der Waals surface area (Å²) in [4.78, 5) is 6.25. The number of aromatic nitrogens is 8. The quantitative estimate of drug-likeness (QED) is 0.543. The van der Waals surface area contributed by atoms with Crippen LogP contribution in [-0.2, 0) is 13.6 Å². The molecule has 2 aliphatic carbocycles. The molecule has 2 saturated carbocycles. The van der Waals surface area contributed by atoms with Crippen molar-refractivity contribution in [2.24, 2.45) is 13.0 Å². The molecule has 0 N–H and O–H groups in total. The van der Waals surface area contributed by atoms with Crippen molar-refractivity contribution in [3.05, 3.63) is 23.5 Å². The summed E-state index contributed by atoms with van der Waals surface area (Å²) in [5.74, 6) is 1.48. The number of hydrogen-bond acceptors (Lipinski definition) is 8. The van der Waals surface area contributed by atoms with Crippen molar-refractivity contribution in [1.82, 2.24) is 40.2 Å². The van der Waals surface area contributed by atoms with E-state index in [1.54, 1.807) is 4.68 Å². The Morgan fingerprint density at radius 3 is 2.65 bits per heavy atom. The van der Waals surface area contributed by atoms with Crippen molar-refractivity contribution in [3.63, 3.8) is 0 Å². The standard InChI is InChI=1S/C21H28N8O2/c1-14-19(31-16-6-4-3-5-7-16)11-10-17(22-14)20-18(28(2)26-23-20)12-29-25-21(24-27-29)30-13-15-8-9-15/h10-11,15-16H,3-9,12-13H2,1-2H3. The number of ether oxygens (including phenoxy) is 2. The molecule has 3 heterocycles. The molecule has 0 atom stereocenters. The molecule has 0 spiro atoms. The van der Waals surface area contributed by atoms with Crippen molar-refractivity contribution in [3.8, 4) is 23.1 Å². The van der Waals surface area contributed by atoms with E-state index in [2.05, 4.69) is 25.7 Å². The molecule has 0 unspecified atom stereocenters. The van der Waals surface area contributed by atoms with Gasteiger partial charge in [0.05, 0.1) is 29.8 Å². The maximum Gasteiger partial charge on any atom is 0.356 e. The third-order valence-corrected chi connectivity index (χ3v) is 5.94. The van der Waals surface area contributed by atoms with Crippen molar-refractivity contribution in [2.75, 3.05) is 6.61 Å². The van der Waals surface area contributed by atoms with Crippen LogP contribution in [0.4, 0.5) is 0 Å². The van der Waals surface area contributed by atoms with E-state index in [1.807, 2.05) is 26.1 Å². The topological polar surface area (TPSA) is 106 Å². The molecule has 31 heavy (non-hydrogen) atoms. The molecule has 10 heteroatoms. The maximum atomic E-state index is 6.20. The predicted octanol–water partition coefficient (Wildman–Crippen LogP) is 2.72. The monoisotopic (exact) mass is 424 g/mol. The minimum absolute atomic E-state index is 0.293. The summed E-state index contributed by atoms with van der Waals surface area (Å²) in [6.07, 6.45) is 8.75. The Morgan fingerprint density at radius 1 is 1.03 bits per heavy atom. The van der Waals surface area contributed by atoms with Gasteiger partial charge in [0.25, 0.3) is 0 Å². The lowest BCUT2D eigenvalue weighted by atomic mass is 9.98. The largest absolute Gasteiger partial charge is 0.489 e. The average Bonchev–Trinajstić information content (AvgIpc) is 3.40. The zero-order valence-corrected chi connectivity index (χ0v) is 18.1. The first-order chi connectivity index (χ1) is 15.2. The Hall–Kier alpha value is -3.04. The summed E-state index contributed by atoms with van der Waals surface area (Å²) < 4.78 is 13.5. The zero-order chi connectivity index (χ0) is 21.2. The highest BCUT2D eigenvalue weighted by atomic mass is 16.5. The molecule has 0 radical (unpaired) electrons. The summed E-state index contributed by atoms with van der Waals surface area (Å²) in [7, 11) is 1.85. The van der Waals surface area contributed by atoms with E-state index in [0.29, 0.717) is 36.9 Å². The van der Waals surface area contributed by atoms with Gasteiger partial charge in [-0.25, -0.2) is 9.67 Å². The van der Waals surface area contributed by atoms with Gasteiger partial charge in [0.15, 0.2) is 0 Å². The van der Waals surface area contributed by atoms with Gasteiger partial charge in [-0.1, -0.05) is 21.8 Å². The Balaban J connectivity index is 1.31. The van der Waals surface area contributed by atoms with Crippen LogP contribution in [0.1, 0.15) is 56.3 Å². The first-order valence-electron chi connectivity index (χ1n) is 11.1. The minimum atomic E-state index is 0.293. The van der Waals surface area contributed by atoms with Crippen LogP contribution in [0.5, 0.6) is 11.8 Å². The first-order valence-corrected chi connectivity index (χ1v) is 11.1. The second-order valence-electron chi connectivity index (χ2n) is 8.52. The van der Waals surface area contributed by atoms with Gasteiger partial charge in [-0.15, -0.1) is 5.10 Å². The van der Waals surface area contributed by atoms with Gasteiger partial charge < -0.3 is 9.47 Å². The molecule has 3 aromatic heterocycles. The molecule has 0 aliphatic heterocycles. The molecule has 3 aromatic rings. The van der Waals surface area contributed by atoms with E-state index in [-0.39, 0.29) is 0 Å². The summed E-state index contributed by atoms with van der Waals surface area (Å²) in [5.41, 5.74) is 3.16. The van der Waals surface area contributed by atoms with Crippen LogP contribution in [0.25, 0.3) is 11.4 Å². The second-order valence-corrected chi connectivity index (χ2v) is 8.52. The highest BCUT2D eigenvalue weighted by Gasteiger charge is 2.23. The fourth-order valence-electron chi connectivity index (χ4n) is 3.88. The molecule has 0 saturated heterocycles. The van der Waals surface area contributed by atoms with E-state index in [0.717, 1.165) is 35.7 Å². The normalized spacial score (nSPS) is 17.1. The summed E-state index contributed by atoms with van der Waals surface area (Å²) in [6, 6.07) is 4.24. The number of rotatable bonds is 8.